The van der Waals surface area contributed by atoms with Gasteiger partial charge >= 0.3 is 0 Å². The first kappa shape index (κ1) is 14.4. The molecule has 0 aliphatic heterocycles. The predicted molar refractivity (Wildman–Crippen MR) is 76.1 cm³/mol. The van der Waals surface area contributed by atoms with Crippen molar-refractivity contribution in [2.45, 2.75) is 31.4 Å². The third-order valence-corrected chi connectivity index (χ3v) is 4.15. The molecule has 6 heteroatoms. The largest absolute Gasteiger partial charge is 0.377 e. The average Bonchev–Trinajstić information content (AvgIpc) is 2.68. The number of para-hydroxylation sites is 1. The number of fused-ring (bicyclic) bond motifs is 1. The normalized spacial score (nSPS) is 12.4. The highest BCUT2D eigenvalue weighted by atomic mass is 35.7. The molecule has 0 saturated carbocycles. The van der Waals surface area contributed by atoms with Crippen LogP contribution in [0.3, 0.4) is 0 Å². The van der Waals surface area contributed by atoms with Gasteiger partial charge in [0.15, 0.2) is 0 Å². The molecule has 0 atom stereocenters. The molecule has 0 amide bonds. The Kier molecular flexibility index (Phi) is 4.18. The van der Waals surface area contributed by atoms with Crippen molar-refractivity contribution in [1.29, 1.82) is 0 Å². The van der Waals surface area contributed by atoms with Crippen molar-refractivity contribution >= 4 is 30.6 Å². The second kappa shape index (κ2) is 5.53. The molecule has 0 unspecified atom stereocenters. The highest BCUT2D eigenvalue weighted by Gasteiger charge is 2.18. The molecule has 0 bridgehead atoms. The topological polar surface area (TPSA) is 48.3 Å². The fourth-order valence-electron chi connectivity index (χ4n) is 1.98. The molecule has 0 saturated heterocycles. The molecule has 0 aliphatic rings. The summed E-state index contributed by atoms with van der Waals surface area (Å²) < 4.78 is 30.5. The smallest absolute Gasteiger partial charge is 0.263 e. The first-order valence-corrected chi connectivity index (χ1v) is 8.34. The van der Waals surface area contributed by atoms with Crippen molar-refractivity contribution in [1.82, 2.24) is 4.57 Å². The van der Waals surface area contributed by atoms with Gasteiger partial charge in [0.05, 0.1) is 12.7 Å². The molecule has 1 aromatic heterocycles. The van der Waals surface area contributed by atoms with E-state index in [4.69, 9.17) is 15.4 Å². The fraction of sp³-hybridized carbons (Fsp3) is 0.385. The molecule has 2 rings (SSSR count). The third-order valence-electron chi connectivity index (χ3n) is 2.80. The van der Waals surface area contributed by atoms with Gasteiger partial charge in [0.2, 0.25) is 0 Å². The van der Waals surface area contributed by atoms with Crippen LogP contribution in [0.2, 0.25) is 0 Å². The number of halogens is 1. The summed E-state index contributed by atoms with van der Waals surface area (Å²) in [5.74, 6) is 0. The maximum absolute atomic E-state index is 11.6. The number of benzene rings is 1. The Balaban J connectivity index is 2.39. The second-order valence-electron chi connectivity index (χ2n) is 4.56. The van der Waals surface area contributed by atoms with Crippen molar-refractivity contribution in [3.8, 4) is 0 Å². The predicted octanol–water partition coefficient (Wildman–Crippen LogP) is 2.99. The summed E-state index contributed by atoms with van der Waals surface area (Å²) >= 11 is 0. The van der Waals surface area contributed by atoms with Crippen LogP contribution in [-0.2, 0) is 20.3 Å². The summed E-state index contributed by atoms with van der Waals surface area (Å²) in [6, 6.07) is 7.29. The van der Waals surface area contributed by atoms with Gasteiger partial charge in [-0.15, -0.1) is 0 Å². The van der Waals surface area contributed by atoms with Crippen LogP contribution in [-0.4, -0.2) is 25.7 Å². The lowest BCUT2D eigenvalue weighted by Crippen LogP contribution is -2.09. The molecular weight excluding hydrogens is 286 g/mol. The van der Waals surface area contributed by atoms with Crippen LogP contribution in [0.4, 0.5) is 0 Å². The summed E-state index contributed by atoms with van der Waals surface area (Å²) in [4.78, 5) is 0.148. The van der Waals surface area contributed by atoms with Gasteiger partial charge in [-0.2, -0.15) is 0 Å². The number of rotatable bonds is 5. The Morgan fingerprint density at radius 1 is 1.32 bits per heavy atom. The Bertz CT molecular complexity index is 676. The van der Waals surface area contributed by atoms with Crippen molar-refractivity contribution in [2.75, 3.05) is 6.61 Å². The van der Waals surface area contributed by atoms with Crippen LogP contribution in [0.25, 0.3) is 10.9 Å². The van der Waals surface area contributed by atoms with Gasteiger partial charge in [-0.05, 0) is 19.9 Å². The van der Waals surface area contributed by atoms with Gasteiger partial charge in [-0.1, -0.05) is 18.2 Å². The quantitative estimate of drug-likeness (QED) is 0.798. The number of hydrogen-bond donors (Lipinski definition) is 0. The summed E-state index contributed by atoms with van der Waals surface area (Å²) in [5, 5.41) is 0.641. The van der Waals surface area contributed by atoms with E-state index in [-0.39, 0.29) is 11.0 Å². The van der Waals surface area contributed by atoms with Crippen LogP contribution in [0, 0.1) is 0 Å². The molecule has 104 valence electrons. The molecule has 0 aliphatic carbocycles. The molecular formula is C13H16ClNO3S. The summed E-state index contributed by atoms with van der Waals surface area (Å²) in [5.41, 5.74) is 0.842. The number of nitrogens with zero attached hydrogens (tertiary/aromatic N) is 1. The van der Waals surface area contributed by atoms with Gasteiger partial charge in [0, 0.05) is 34.3 Å². The standard InChI is InChI=1S/C13H16ClNO3S/c1-10(2)18-8-7-15-9-13(19(14,16)17)11-5-3-4-6-12(11)15/h3-6,9-10H,7-8H2,1-2H3. The minimum absolute atomic E-state index is 0.148. The Morgan fingerprint density at radius 3 is 2.63 bits per heavy atom. The number of hydrogen-bond acceptors (Lipinski definition) is 3. The van der Waals surface area contributed by atoms with Crippen LogP contribution in [0.1, 0.15) is 13.8 Å². The van der Waals surface area contributed by atoms with Crippen LogP contribution < -0.4 is 0 Å². The van der Waals surface area contributed by atoms with Crippen LogP contribution in [0.15, 0.2) is 35.4 Å². The van der Waals surface area contributed by atoms with E-state index in [1.807, 2.05) is 30.5 Å². The van der Waals surface area contributed by atoms with Crippen LogP contribution in [0.5, 0.6) is 0 Å². The number of aromatic nitrogens is 1. The van der Waals surface area contributed by atoms with Gasteiger partial charge in [-0.25, -0.2) is 8.42 Å². The fourth-order valence-corrected chi connectivity index (χ4v) is 3.04. The maximum atomic E-state index is 11.6. The molecule has 19 heavy (non-hydrogen) atoms. The zero-order valence-electron chi connectivity index (χ0n) is 10.8. The molecule has 1 heterocycles. The summed E-state index contributed by atoms with van der Waals surface area (Å²) in [7, 11) is 1.72. The Labute approximate surface area is 117 Å². The van der Waals surface area contributed by atoms with Gasteiger partial charge in [-0.3, -0.25) is 0 Å². The molecule has 2 aromatic rings. The molecule has 0 N–H and O–H groups in total. The lowest BCUT2D eigenvalue weighted by molar-refractivity contribution is 0.0733. The van der Waals surface area contributed by atoms with Crippen molar-refractivity contribution < 1.29 is 13.2 Å². The lowest BCUT2D eigenvalue weighted by atomic mass is 10.2. The zero-order chi connectivity index (χ0) is 14.0. The molecule has 0 fully saturated rings. The minimum atomic E-state index is -3.74. The van der Waals surface area contributed by atoms with E-state index in [1.165, 1.54) is 0 Å². The van der Waals surface area contributed by atoms with Crippen molar-refractivity contribution in [3.63, 3.8) is 0 Å². The molecule has 0 radical (unpaired) electrons. The Hall–Kier alpha value is -1.04. The maximum Gasteiger partial charge on any atom is 0.263 e. The minimum Gasteiger partial charge on any atom is -0.377 e. The SMILES string of the molecule is CC(C)OCCn1cc(S(=O)(=O)Cl)c2ccccc21. The van der Waals surface area contributed by atoms with E-state index >= 15 is 0 Å². The monoisotopic (exact) mass is 301 g/mol. The summed E-state index contributed by atoms with van der Waals surface area (Å²) in [6.07, 6.45) is 1.72. The van der Waals surface area contributed by atoms with Crippen molar-refractivity contribution in [3.05, 3.63) is 30.5 Å². The highest BCUT2D eigenvalue weighted by Crippen LogP contribution is 2.27. The van der Waals surface area contributed by atoms with E-state index in [0.717, 1.165) is 5.52 Å². The lowest BCUT2D eigenvalue weighted by Gasteiger charge is -2.08. The molecule has 1 aromatic carbocycles. The Morgan fingerprint density at radius 2 is 2.00 bits per heavy atom. The van der Waals surface area contributed by atoms with E-state index in [9.17, 15) is 8.42 Å². The highest BCUT2D eigenvalue weighted by molar-refractivity contribution is 8.14. The number of ether oxygens (including phenoxy) is 1. The van der Waals surface area contributed by atoms with E-state index < -0.39 is 9.05 Å². The van der Waals surface area contributed by atoms with Gasteiger partial charge < -0.3 is 9.30 Å². The second-order valence-corrected chi connectivity index (χ2v) is 7.10. The van der Waals surface area contributed by atoms with Crippen molar-refractivity contribution in [2.24, 2.45) is 0 Å². The molecule has 0 spiro atoms. The van der Waals surface area contributed by atoms with E-state index in [0.29, 0.717) is 18.5 Å². The summed E-state index contributed by atoms with van der Waals surface area (Å²) in [6.45, 7) is 5.04. The van der Waals surface area contributed by atoms with E-state index in [2.05, 4.69) is 0 Å². The van der Waals surface area contributed by atoms with Crippen LogP contribution >= 0.6 is 10.7 Å². The average molecular weight is 302 g/mol. The first-order chi connectivity index (χ1) is 8.89. The first-order valence-electron chi connectivity index (χ1n) is 6.03. The van der Waals surface area contributed by atoms with Gasteiger partial charge in [0.25, 0.3) is 9.05 Å². The van der Waals surface area contributed by atoms with Gasteiger partial charge in [0.1, 0.15) is 4.90 Å². The molecule has 4 nitrogen and oxygen atoms in total. The van der Waals surface area contributed by atoms with E-state index in [1.54, 1.807) is 18.3 Å². The third kappa shape index (κ3) is 3.29. The zero-order valence-corrected chi connectivity index (χ0v) is 12.4.